The average molecular weight is 394 g/mol. The third-order valence-electron chi connectivity index (χ3n) is 3.40. The Morgan fingerprint density at radius 3 is 2.54 bits per heavy atom. The van der Waals surface area contributed by atoms with E-state index in [9.17, 15) is 19.7 Å². The second kappa shape index (κ2) is 8.39. The molecule has 1 aromatic carbocycles. The standard InChI is InChI=1S/C16H16BrN3O4/c17-13-5-8-15(21)19(11-13)10-2-1-9-18-16(22)12-3-6-14(7-4-12)20(23)24/h3-8,11H,1-2,9-10H2,(H,18,22). The molecule has 0 bridgehead atoms. The van der Waals surface area contributed by atoms with Crippen molar-refractivity contribution in [1.82, 2.24) is 9.88 Å². The Balaban J connectivity index is 1.75. The Bertz CT molecular complexity index is 787. The molecule has 0 spiro atoms. The van der Waals surface area contributed by atoms with Crippen molar-refractivity contribution < 1.29 is 9.72 Å². The summed E-state index contributed by atoms with van der Waals surface area (Å²) >= 11 is 3.32. The molecule has 2 aromatic rings. The summed E-state index contributed by atoms with van der Waals surface area (Å²) in [7, 11) is 0. The maximum Gasteiger partial charge on any atom is 0.269 e. The van der Waals surface area contributed by atoms with Crippen LogP contribution in [0.25, 0.3) is 0 Å². The first-order valence-corrected chi connectivity index (χ1v) is 8.15. The zero-order valence-corrected chi connectivity index (χ0v) is 14.4. The van der Waals surface area contributed by atoms with Crippen LogP contribution in [0.3, 0.4) is 0 Å². The molecule has 0 saturated heterocycles. The van der Waals surface area contributed by atoms with Gasteiger partial charge in [-0.05, 0) is 47.0 Å². The lowest BCUT2D eigenvalue weighted by Crippen LogP contribution is -2.25. The monoisotopic (exact) mass is 393 g/mol. The molecule has 0 aliphatic rings. The van der Waals surface area contributed by atoms with Gasteiger partial charge in [0.05, 0.1) is 4.92 Å². The Labute approximate surface area is 146 Å². The van der Waals surface area contributed by atoms with Crippen molar-refractivity contribution in [2.75, 3.05) is 6.54 Å². The van der Waals surface area contributed by atoms with E-state index in [2.05, 4.69) is 21.2 Å². The highest BCUT2D eigenvalue weighted by molar-refractivity contribution is 9.10. The zero-order valence-electron chi connectivity index (χ0n) is 12.8. The molecule has 0 unspecified atom stereocenters. The summed E-state index contributed by atoms with van der Waals surface area (Å²) < 4.78 is 2.45. The van der Waals surface area contributed by atoms with Gasteiger partial charge in [0.2, 0.25) is 0 Å². The average Bonchev–Trinajstić information content (AvgIpc) is 2.57. The van der Waals surface area contributed by atoms with Gasteiger partial charge in [0.25, 0.3) is 17.2 Å². The van der Waals surface area contributed by atoms with Crippen LogP contribution < -0.4 is 10.9 Å². The number of hydrogen-bond acceptors (Lipinski definition) is 4. The maximum atomic E-state index is 11.9. The molecule has 1 aromatic heterocycles. The summed E-state index contributed by atoms with van der Waals surface area (Å²) in [5.74, 6) is -0.274. The van der Waals surface area contributed by atoms with Crippen molar-refractivity contribution in [3.63, 3.8) is 0 Å². The topological polar surface area (TPSA) is 94.2 Å². The summed E-state index contributed by atoms with van der Waals surface area (Å²) in [5.41, 5.74) is 0.267. The van der Waals surface area contributed by atoms with Crippen LogP contribution in [0.2, 0.25) is 0 Å². The van der Waals surface area contributed by atoms with Crippen LogP contribution in [0.15, 0.2) is 51.9 Å². The minimum Gasteiger partial charge on any atom is -0.352 e. The SMILES string of the molecule is O=C(NCCCCn1cc(Br)ccc1=O)c1ccc([N+](=O)[O-])cc1. The molecular formula is C16H16BrN3O4. The zero-order chi connectivity index (χ0) is 17.5. The molecule has 1 heterocycles. The summed E-state index contributed by atoms with van der Waals surface area (Å²) in [6.07, 6.45) is 3.20. The van der Waals surface area contributed by atoms with E-state index in [1.807, 2.05) is 0 Å². The molecule has 0 aliphatic heterocycles. The normalized spacial score (nSPS) is 10.4. The smallest absolute Gasteiger partial charge is 0.269 e. The fourth-order valence-corrected chi connectivity index (χ4v) is 2.50. The number of hydrogen-bond donors (Lipinski definition) is 1. The van der Waals surface area contributed by atoms with Crippen LogP contribution in [0, 0.1) is 10.1 Å². The fraction of sp³-hybridized carbons (Fsp3) is 0.250. The van der Waals surface area contributed by atoms with E-state index < -0.39 is 4.92 Å². The quantitative estimate of drug-likeness (QED) is 0.444. The Kier molecular flexibility index (Phi) is 6.25. The second-order valence-electron chi connectivity index (χ2n) is 5.15. The van der Waals surface area contributed by atoms with Crippen LogP contribution in [0.1, 0.15) is 23.2 Å². The van der Waals surface area contributed by atoms with Gasteiger partial charge in [-0.15, -0.1) is 0 Å². The predicted molar refractivity (Wildman–Crippen MR) is 93.1 cm³/mol. The molecule has 24 heavy (non-hydrogen) atoms. The van der Waals surface area contributed by atoms with E-state index in [-0.39, 0.29) is 17.2 Å². The molecule has 0 radical (unpaired) electrons. The van der Waals surface area contributed by atoms with Crippen molar-refractivity contribution in [1.29, 1.82) is 0 Å². The first kappa shape index (κ1) is 17.9. The number of carbonyl (C=O) groups is 1. The number of benzene rings is 1. The molecular weight excluding hydrogens is 378 g/mol. The molecule has 8 heteroatoms. The number of pyridine rings is 1. The number of nitro benzene ring substituents is 1. The van der Waals surface area contributed by atoms with Gasteiger partial charge in [-0.1, -0.05) is 0 Å². The molecule has 0 atom stereocenters. The van der Waals surface area contributed by atoms with E-state index >= 15 is 0 Å². The van der Waals surface area contributed by atoms with Crippen molar-refractivity contribution >= 4 is 27.5 Å². The van der Waals surface area contributed by atoms with Crippen molar-refractivity contribution in [3.05, 3.63) is 73.1 Å². The third kappa shape index (κ3) is 5.02. The van der Waals surface area contributed by atoms with Gasteiger partial charge in [0, 0.05) is 47.5 Å². The summed E-state index contributed by atoms with van der Waals surface area (Å²) in [6, 6.07) is 8.65. The number of nitrogens with zero attached hydrogens (tertiary/aromatic N) is 2. The first-order valence-electron chi connectivity index (χ1n) is 7.36. The Morgan fingerprint density at radius 2 is 1.88 bits per heavy atom. The highest BCUT2D eigenvalue weighted by Gasteiger charge is 2.08. The number of nitrogens with one attached hydrogen (secondary N) is 1. The largest absolute Gasteiger partial charge is 0.352 e. The molecule has 1 N–H and O–H groups in total. The Morgan fingerprint density at radius 1 is 1.17 bits per heavy atom. The lowest BCUT2D eigenvalue weighted by Gasteiger charge is -2.07. The summed E-state index contributed by atoms with van der Waals surface area (Å²) in [6.45, 7) is 1.05. The molecule has 1 amide bonds. The van der Waals surface area contributed by atoms with Gasteiger partial charge in [-0.2, -0.15) is 0 Å². The van der Waals surface area contributed by atoms with Crippen LogP contribution in [0.5, 0.6) is 0 Å². The minimum absolute atomic E-state index is 0.0500. The van der Waals surface area contributed by atoms with Crippen molar-refractivity contribution in [2.45, 2.75) is 19.4 Å². The van der Waals surface area contributed by atoms with Crippen molar-refractivity contribution in [2.24, 2.45) is 0 Å². The number of nitro groups is 1. The van der Waals surface area contributed by atoms with Gasteiger partial charge in [-0.25, -0.2) is 0 Å². The number of halogens is 1. The molecule has 2 rings (SSSR count). The number of aromatic nitrogens is 1. The van der Waals surface area contributed by atoms with Crippen LogP contribution in [-0.4, -0.2) is 21.9 Å². The summed E-state index contributed by atoms with van der Waals surface area (Å²) in [5, 5.41) is 13.3. The Hall–Kier alpha value is -2.48. The molecule has 126 valence electrons. The molecule has 0 saturated carbocycles. The van der Waals surface area contributed by atoms with E-state index in [1.165, 1.54) is 30.3 Å². The van der Waals surface area contributed by atoms with Gasteiger partial charge >= 0.3 is 0 Å². The maximum absolute atomic E-state index is 11.9. The number of amides is 1. The van der Waals surface area contributed by atoms with Gasteiger partial charge in [-0.3, -0.25) is 19.7 Å². The van der Waals surface area contributed by atoms with Gasteiger partial charge in [0.15, 0.2) is 0 Å². The molecule has 0 fully saturated rings. The van der Waals surface area contributed by atoms with E-state index in [0.717, 1.165) is 17.3 Å². The number of rotatable bonds is 7. The van der Waals surface area contributed by atoms with E-state index in [4.69, 9.17) is 0 Å². The lowest BCUT2D eigenvalue weighted by atomic mass is 10.2. The van der Waals surface area contributed by atoms with Gasteiger partial charge < -0.3 is 9.88 Å². The predicted octanol–water partition coefficient (Wildman–Crippen LogP) is 2.73. The molecule has 7 nitrogen and oxygen atoms in total. The van der Waals surface area contributed by atoms with Crippen LogP contribution in [-0.2, 0) is 6.54 Å². The number of non-ortho nitro benzene ring substituents is 1. The third-order valence-corrected chi connectivity index (χ3v) is 3.87. The minimum atomic E-state index is -0.508. The summed E-state index contributed by atoms with van der Waals surface area (Å²) in [4.78, 5) is 33.6. The first-order chi connectivity index (χ1) is 11.5. The lowest BCUT2D eigenvalue weighted by molar-refractivity contribution is -0.384. The highest BCUT2D eigenvalue weighted by atomic mass is 79.9. The number of unbranched alkanes of at least 4 members (excludes halogenated alkanes) is 1. The number of carbonyl (C=O) groups excluding carboxylic acids is 1. The molecule has 0 aliphatic carbocycles. The van der Waals surface area contributed by atoms with Crippen LogP contribution >= 0.6 is 15.9 Å². The number of aryl methyl sites for hydroxylation is 1. The highest BCUT2D eigenvalue weighted by Crippen LogP contribution is 2.11. The van der Waals surface area contributed by atoms with E-state index in [0.29, 0.717) is 18.7 Å². The van der Waals surface area contributed by atoms with Gasteiger partial charge in [0.1, 0.15) is 0 Å². The second-order valence-corrected chi connectivity index (χ2v) is 6.06. The fourth-order valence-electron chi connectivity index (χ4n) is 2.12. The van der Waals surface area contributed by atoms with Crippen LogP contribution in [0.4, 0.5) is 5.69 Å². The van der Waals surface area contributed by atoms with Crippen molar-refractivity contribution in [3.8, 4) is 0 Å². The van der Waals surface area contributed by atoms with E-state index in [1.54, 1.807) is 16.8 Å².